The Morgan fingerprint density at radius 1 is 0.696 bits per heavy atom. The molecule has 0 bridgehead atoms. The monoisotopic (exact) mass is 508 g/mol. The maximum Gasteiger partial charge on any atom is 0.673 e. The van der Waals surface area contributed by atoms with Gasteiger partial charge in [0.05, 0.1) is 0 Å². The summed E-state index contributed by atoms with van der Waals surface area (Å²) in [4.78, 5) is 0. The number of rotatable bonds is 0. The van der Waals surface area contributed by atoms with Crippen molar-refractivity contribution in [3.8, 4) is 0 Å². The van der Waals surface area contributed by atoms with E-state index in [9.17, 15) is 17.3 Å². The van der Waals surface area contributed by atoms with Crippen molar-refractivity contribution in [2.45, 2.75) is 48.0 Å². The SMILES string of the molecule is C[C]1[CH][CH][CH][CH]C1.C[C]1[C](C)[C](C)[C](C)[C]1C.F[B-](F)(F)F.[Ir]. The Hall–Kier alpha value is 0.434. The van der Waals surface area contributed by atoms with Crippen LogP contribution in [0, 0.1) is 61.2 Å². The van der Waals surface area contributed by atoms with E-state index < -0.39 is 7.25 Å². The summed E-state index contributed by atoms with van der Waals surface area (Å²) >= 11 is 0. The second-order valence-corrected chi connectivity index (χ2v) is 5.46. The third kappa shape index (κ3) is 11.6. The summed E-state index contributed by atoms with van der Waals surface area (Å²) in [6.45, 7) is 13.1. The zero-order valence-electron chi connectivity index (χ0n) is 14.4. The third-order valence-corrected chi connectivity index (χ3v) is 3.88. The molecule has 0 aromatic carbocycles. The molecule has 0 aromatic heterocycles. The first-order valence-electron chi connectivity index (χ1n) is 7.17. The van der Waals surface area contributed by atoms with Crippen LogP contribution in [0.25, 0.3) is 0 Å². The Labute approximate surface area is 154 Å². The van der Waals surface area contributed by atoms with Crippen LogP contribution in [0.4, 0.5) is 17.3 Å². The van der Waals surface area contributed by atoms with Crippen LogP contribution < -0.4 is 0 Å². The van der Waals surface area contributed by atoms with Crippen LogP contribution in [0.1, 0.15) is 48.0 Å². The molecule has 133 valence electrons. The maximum atomic E-state index is 9.75. The minimum atomic E-state index is -6.00. The molecule has 2 aliphatic carbocycles. The Balaban J connectivity index is 0. The van der Waals surface area contributed by atoms with E-state index in [0.717, 1.165) is 6.42 Å². The summed E-state index contributed by atoms with van der Waals surface area (Å²) in [6.07, 6.45) is 9.58. The van der Waals surface area contributed by atoms with E-state index in [2.05, 4.69) is 67.2 Å². The van der Waals surface area contributed by atoms with Crippen LogP contribution in [0.2, 0.25) is 0 Å². The Kier molecular flexibility index (Phi) is 13.3. The average Bonchev–Trinajstić information content (AvgIpc) is 2.57. The predicted octanol–water partition coefficient (Wildman–Crippen LogP) is 6.07. The maximum absolute atomic E-state index is 9.75. The molecular formula is C17H24BF4Ir-. The van der Waals surface area contributed by atoms with Crippen molar-refractivity contribution in [1.29, 1.82) is 0 Å². The molecule has 0 heterocycles. The predicted molar refractivity (Wildman–Crippen MR) is 85.5 cm³/mol. The fourth-order valence-corrected chi connectivity index (χ4v) is 2.03. The minimum absolute atomic E-state index is 0. The smallest absolute Gasteiger partial charge is 0.418 e. The molecule has 0 atom stereocenters. The standard InChI is InChI=1S/C10H15.C7H9.BF4.Ir/c1-6-7(2)9(4)10(5)8(6)3;1-7-5-3-2-4-6-7;2-1(3,4)5;/h1-5H3;2-5H,6H2,1H3;;/q;;-1;. The molecule has 11 radical (unpaired) electrons. The van der Waals surface area contributed by atoms with Gasteiger partial charge >= 0.3 is 7.25 Å². The number of hydrogen-bond acceptors (Lipinski definition) is 0. The van der Waals surface area contributed by atoms with Crippen molar-refractivity contribution in [3.05, 3.63) is 61.2 Å². The summed E-state index contributed by atoms with van der Waals surface area (Å²) in [7, 11) is -6.00. The van der Waals surface area contributed by atoms with Crippen molar-refractivity contribution in [2.24, 2.45) is 0 Å². The molecule has 0 nitrogen and oxygen atoms in total. The summed E-state index contributed by atoms with van der Waals surface area (Å²) in [5, 5.41) is 0. The fourth-order valence-electron chi connectivity index (χ4n) is 2.03. The fraction of sp³-hybridized carbons (Fsp3) is 0.412. The first-order chi connectivity index (χ1) is 9.95. The van der Waals surface area contributed by atoms with Crippen molar-refractivity contribution < 1.29 is 37.4 Å². The quantitative estimate of drug-likeness (QED) is 0.276. The molecule has 2 aliphatic rings. The van der Waals surface area contributed by atoms with Crippen molar-refractivity contribution in [1.82, 2.24) is 0 Å². The summed E-state index contributed by atoms with van der Waals surface area (Å²) in [5.74, 6) is 8.78. The summed E-state index contributed by atoms with van der Waals surface area (Å²) in [6, 6.07) is 0. The van der Waals surface area contributed by atoms with Gasteiger partial charge in [-0.1, -0.05) is 41.5 Å². The van der Waals surface area contributed by atoms with E-state index in [1.165, 1.54) is 35.5 Å². The molecule has 23 heavy (non-hydrogen) atoms. The Morgan fingerprint density at radius 3 is 1.13 bits per heavy atom. The molecule has 0 spiro atoms. The van der Waals surface area contributed by atoms with Crippen molar-refractivity contribution in [2.75, 3.05) is 0 Å². The van der Waals surface area contributed by atoms with E-state index in [-0.39, 0.29) is 20.1 Å². The van der Waals surface area contributed by atoms with E-state index in [4.69, 9.17) is 0 Å². The zero-order chi connectivity index (χ0) is 17.5. The van der Waals surface area contributed by atoms with E-state index in [0.29, 0.717) is 0 Å². The van der Waals surface area contributed by atoms with Gasteiger partial charge in [0.25, 0.3) is 0 Å². The van der Waals surface area contributed by atoms with Gasteiger partial charge in [0.15, 0.2) is 0 Å². The molecule has 0 unspecified atom stereocenters. The minimum Gasteiger partial charge on any atom is -0.418 e. The second kappa shape index (κ2) is 11.9. The molecule has 2 rings (SSSR count). The Bertz CT molecular complexity index is 242. The van der Waals surface area contributed by atoms with E-state index >= 15 is 0 Å². The van der Waals surface area contributed by atoms with Gasteiger partial charge in [0, 0.05) is 20.1 Å². The first-order valence-corrected chi connectivity index (χ1v) is 7.17. The zero-order valence-corrected chi connectivity index (χ0v) is 16.8. The molecule has 0 saturated heterocycles. The molecular weight excluding hydrogens is 483 g/mol. The van der Waals surface area contributed by atoms with Crippen molar-refractivity contribution in [3.63, 3.8) is 0 Å². The molecule has 0 aliphatic heterocycles. The average molecular weight is 507 g/mol. The number of hydrogen-bond donors (Lipinski definition) is 0. The third-order valence-electron chi connectivity index (χ3n) is 3.88. The topological polar surface area (TPSA) is 0 Å². The van der Waals surface area contributed by atoms with Crippen LogP contribution in [-0.4, -0.2) is 7.25 Å². The van der Waals surface area contributed by atoms with Gasteiger partial charge in [-0.15, -0.1) is 0 Å². The first kappa shape index (κ1) is 25.7. The van der Waals surface area contributed by atoms with Crippen LogP contribution in [0.3, 0.4) is 0 Å². The normalized spacial score (nSPS) is 22.7. The van der Waals surface area contributed by atoms with Crippen LogP contribution in [0.5, 0.6) is 0 Å². The molecule has 6 heteroatoms. The van der Waals surface area contributed by atoms with Gasteiger partial charge in [-0.3, -0.25) is 0 Å². The van der Waals surface area contributed by atoms with E-state index in [1.807, 2.05) is 0 Å². The van der Waals surface area contributed by atoms with Gasteiger partial charge in [0.2, 0.25) is 0 Å². The van der Waals surface area contributed by atoms with E-state index in [1.54, 1.807) is 0 Å². The molecule has 0 N–H and O–H groups in total. The van der Waals surface area contributed by atoms with Crippen molar-refractivity contribution >= 4 is 7.25 Å². The molecule has 0 amide bonds. The van der Waals surface area contributed by atoms with Crippen LogP contribution >= 0.6 is 0 Å². The van der Waals surface area contributed by atoms with Crippen LogP contribution in [-0.2, 0) is 20.1 Å². The second-order valence-electron chi connectivity index (χ2n) is 5.46. The van der Waals surface area contributed by atoms with Gasteiger partial charge < -0.3 is 17.3 Å². The largest absolute Gasteiger partial charge is 0.673 e. The summed E-state index contributed by atoms with van der Waals surface area (Å²) < 4.78 is 39.0. The summed E-state index contributed by atoms with van der Waals surface area (Å²) in [5.41, 5.74) is 0. The molecule has 0 aromatic rings. The Morgan fingerprint density at radius 2 is 1.00 bits per heavy atom. The van der Waals surface area contributed by atoms with Gasteiger partial charge in [0.1, 0.15) is 0 Å². The van der Waals surface area contributed by atoms with Gasteiger partial charge in [-0.2, -0.15) is 0 Å². The van der Waals surface area contributed by atoms with Crippen LogP contribution in [0.15, 0.2) is 0 Å². The van der Waals surface area contributed by atoms with Gasteiger partial charge in [-0.25, -0.2) is 0 Å². The molecule has 2 saturated carbocycles. The number of halogens is 4. The molecule has 2 fully saturated rings. The van der Waals surface area contributed by atoms with Gasteiger partial charge in [-0.05, 0) is 67.6 Å².